The Balaban J connectivity index is 1.86. The highest BCUT2D eigenvalue weighted by Gasteiger charge is 2.49. The molecule has 2 aliphatic rings. The Labute approximate surface area is 139 Å². The summed E-state index contributed by atoms with van der Waals surface area (Å²) in [4.78, 5) is 14.4. The molecule has 1 aromatic heterocycles. The third-order valence-corrected chi connectivity index (χ3v) is 5.55. The fourth-order valence-corrected chi connectivity index (χ4v) is 5.16. The van der Waals surface area contributed by atoms with Crippen molar-refractivity contribution in [3.8, 4) is 5.75 Å². The highest BCUT2D eigenvalue weighted by atomic mass is 16.3. The number of fused-ring (bicyclic) bond motifs is 2. The topological polar surface area (TPSA) is 45.5 Å². The smallest absolute Gasteiger partial charge is 0.223 e. The van der Waals surface area contributed by atoms with Gasteiger partial charge in [0.25, 0.3) is 0 Å². The van der Waals surface area contributed by atoms with Crippen molar-refractivity contribution in [2.24, 2.45) is 10.8 Å². The van der Waals surface area contributed by atoms with Gasteiger partial charge >= 0.3 is 0 Å². The summed E-state index contributed by atoms with van der Waals surface area (Å²) < 4.78 is 2.05. The van der Waals surface area contributed by atoms with Crippen LogP contribution < -0.4 is 5.43 Å². The van der Waals surface area contributed by atoms with E-state index < -0.39 is 0 Å². The molecule has 0 aromatic carbocycles. The van der Waals surface area contributed by atoms with Crippen LogP contribution in [0.3, 0.4) is 0 Å². The van der Waals surface area contributed by atoms with E-state index in [4.69, 9.17) is 0 Å². The first kappa shape index (κ1) is 16.6. The maximum Gasteiger partial charge on any atom is 0.223 e. The molecule has 1 aliphatic carbocycles. The lowest BCUT2D eigenvalue weighted by Gasteiger charge is -2.40. The van der Waals surface area contributed by atoms with Gasteiger partial charge < -0.3 is 9.67 Å². The van der Waals surface area contributed by atoms with Crippen LogP contribution in [0.5, 0.6) is 5.75 Å². The van der Waals surface area contributed by atoms with E-state index in [1.165, 1.54) is 19.3 Å². The summed E-state index contributed by atoms with van der Waals surface area (Å²) in [6.07, 6.45) is 6.38. The Bertz CT molecular complexity index is 649. The minimum atomic E-state index is -0.263. The zero-order valence-corrected chi connectivity index (χ0v) is 14.9. The van der Waals surface area contributed by atoms with Crippen molar-refractivity contribution in [2.45, 2.75) is 72.5 Å². The van der Waals surface area contributed by atoms with Crippen molar-refractivity contribution < 1.29 is 5.11 Å². The lowest BCUT2D eigenvalue weighted by Crippen LogP contribution is -2.35. The molecule has 0 amide bonds. The fourth-order valence-electron chi connectivity index (χ4n) is 5.16. The molecule has 23 heavy (non-hydrogen) atoms. The Hall–Kier alpha value is -1.29. The van der Waals surface area contributed by atoms with Gasteiger partial charge in [0, 0.05) is 37.4 Å². The van der Waals surface area contributed by atoms with Gasteiger partial charge in [-0.3, -0.25) is 9.69 Å². The second kappa shape index (κ2) is 5.66. The van der Waals surface area contributed by atoms with Gasteiger partial charge in [-0.2, -0.15) is 0 Å². The number of aromatic hydroxyl groups is 1. The quantitative estimate of drug-likeness (QED) is 0.926. The van der Waals surface area contributed by atoms with Crippen LogP contribution in [0.4, 0.5) is 0 Å². The normalized spacial score (nSPS) is 29.8. The van der Waals surface area contributed by atoms with Gasteiger partial charge in [0.15, 0.2) is 5.75 Å². The van der Waals surface area contributed by atoms with E-state index in [0.29, 0.717) is 16.9 Å². The Morgan fingerprint density at radius 2 is 2.04 bits per heavy atom. The van der Waals surface area contributed by atoms with E-state index in [1.54, 1.807) is 12.3 Å². The van der Waals surface area contributed by atoms with Crippen LogP contribution in [-0.4, -0.2) is 27.2 Å². The highest BCUT2D eigenvalue weighted by molar-refractivity contribution is 5.21. The van der Waals surface area contributed by atoms with Gasteiger partial charge in [0.05, 0.1) is 6.20 Å². The zero-order chi connectivity index (χ0) is 16.8. The first-order valence-electron chi connectivity index (χ1n) is 8.88. The van der Waals surface area contributed by atoms with Crippen molar-refractivity contribution in [2.75, 3.05) is 6.54 Å². The molecule has 2 bridgehead atoms. The van der Waals surface area contributed by atoms with Crippen molar-refractivity contribution in [1.82, 2.24) is 9.47 Å². The standard InChI is InChI=1S/C19H30N2O2/c1-5-6-20-11-17(23)16(22)7-14(20)10-21-13-19(4)9-15(21)8-18(2,3)12-19/h7,11,15,23H,5-6,8-10,12-13H2,1-4H3. The summed E-state index contributed by atoms with van der Waals surface area (Å²) >= 11 is 0. The number of aromatic nitrogens is 1. The molecule has 1 saturated carbocycles. The molecule has 1 aromatic rings. The maximum atomic E-state index is 11.9. The highest BCUT2D eigenvalue weighted by Crippen LogP contribution is 2.52. The van der Waals surface area contributed by atoms with E-state index in [9.17, 15) is 9.90 Å². The van der Waals surface area contributed by atoms with Gasteiger partial charge in [0.1, 0.15) is 0 Å². The van der Waals surface area contributed by atoms with Crippen LogP contribution in [0, 0.1) is 10.8 Å². The van der Waals surface area contributed by atoms with E-state index in [0.717, 1.165) is 31.7 Å². The Kier molecular flexibility index (Phi) is 4.07. The first-order valence-corrected chi connectivity index (χ1v) is 8.88. The average molecular weight is 318 g/mol. The number of aryl methyl sites for hydroxylation is 1. The summed E-state index contributed by atoms with van der Waals surface area (Å²) in [6.45, 7) is 12.1. The summed E-state index contributed by atoms with van der Waals surface area (Å²) in [7, 11) is 0. The molecule has 1 N–H and O–H groups in total. The minimum Gasteiger partial charge on any atom is -0.503 e. The Morgan fingerprint density at radius 3 is 2.74 bits per heavy atom. The summed E-state index contributed by atoms with van der Waals surface area (Å²) in [6, 6.07) is 2.24. The first-order chi connectivity index (χ1) is 10.7. The molecular formula is C19H30N2O2. The van der Waals surface area contributed by atoms with Crippen LogP contribution in [0.2, 0.25) is 0 Å². The molecule has 1 aliphatic heterocycles. The van der Waals surface area contributed by atoms with Crippen molar-refractivity contribution >= 4 is 0 Å². The van der Waals surface area contributed by atoms with Crippen LogP contribution in [0.25, 0.3) is 0 Å². The van der Waals surface area contributed by atoms with Crippen molar-refractivity contribution in [3.63, 3.8) is 0 Å². The summed E-state index contributed by atoms with van der Waals surface area (Å²) in [5.74, 6) is -0.143. The van der Waals surface area contributed by atoms with E-state index >= 15 is 0 Å². The van der Waals surface area contributed by atoms with Crippen LogP contribution in [-0.2, 0) is 13.1 Å². The number of hydrogen-bond donors (Lipinski definition) is 1. The maximum absolute atomic E-state index is 11.9. The van der Waals surface area contributed by atoms with Crippen molar-refractivity contribution in [1.29, 1.82) is 0 Å². The van der Waals surface area contributed by atoms with Gasteiger partial charge in [-0.05, 0) is 36.5 Å². The lowest BCUT2D eigenvalue weighted by atomic mass is 9.65. The molecular weight excluding hydrogens is 288 g/mol. The molecule has 4 nitrogen and oxygen atoms in total. The third kappa shape index (κ3) is 3.32. The summed E-state index contributed by atoms with van der Waals surface area (Å²) in [5, 5.41) is 9.72. The van der Waals surface area contributed by atoms with Gasteiger partial charge in [-0.15, -0.1) is 0 Å². The zero-order valence-electron chi connectivity index (χ0n) is 14.9. The number of rotatable bonds is 4. The summed E-state index contributed by atoms with van der Waals surface area (Å²) in [5.41, 5.74) is 1.58. The second-order valence-electron chi connectivity index (χ2n) is 8.83. The monoisotopic (exact) mass is 318 g/mol. The van der Waals surface area contributed by atoms with Gasteiger partial charge in [-0.25, -0.2) is 0 Å². The van der Waals surface area contributed by atoms with Gasteiger partial charge in [0.2, 0.25) is 5.43 Å². The molecule has 0 spiro atoms. The fraction of sp³-hybridized carbons (Fsp3) is 0.737. The van der Waals surface area contributed by atoms with E-state index in [2.05, 4.69) is 32.6 Å². The molecule has 2 unspecified atom stereocenters. The molecule has 128 valence electrons. The number of likely N-dealkylation sites (tertiary alicyclic amines) is 1. The molecule has 0 radical (unpaired) electrons. The molecule has 4 heteroatoms. The van der Waals surface area contributed by atoms with Crippen LogP contribution in [0.15, 0.2) is 17.1 Å². The number of nitrogens with zero attached hydrogens (tertiary/aromatic N) is 2. The largest absolute Gasteiger partial charge is 0.503 e. The Morgan fingerprint density at radius 1 is 1.30 bits per heavy atom. The average Bonchev–Trinajstić information content (AvgIpc) is 2.64. The predicted molar refractivity (Wildman–Crippen MR) is 92.6 cm³/mol. The predicted octanol–water partition coefficient (Wildman–Crippen LogP) is 3.36. The third-order valence-electron chi connectivity index (χ3n) is 5.55. The molecule has 2 heterocycles. The minimum absolute atomic E-state index is 0.143. The van der Waals surface area contributed by atoms with Crippen molar-refractivity contribution in [3.05, 3.63) is 28.2 Å². The molecule has 1 saturated heterocycles. The second-order valence-corrected chi connectivity index (χ2v) is 8.83. The van der Waals surface area contributed by atoms with Gasteiger partial charge in [-0.1, -0.05) is 27.7 Å². The lowest BCUT2D eigenvalue weighted by molar-refractivity contribution is 0.126. The van der Waals surface area contributed by atoms with E-state index in [1.807, 2.05) is 4.57 Å². The van der Waals surface area contributed by atoms with E-state index in [-0.39, 0.29) is 11.2 Å². The van der Waals surface area contributed by atoms with Crippen LogP contribution in [0.1, 0.15) is 59.1 Å². The molecule has 2 fully saturated rings. The molecule has 2 atom stereocenters. The number of hydrogen-bond acceptors (Lipinski definition) is 3. The number of pyridine rings is 1. The van der Waals surface area contributed by atoms with Crippen LogP contribution >= 0.6 is 0 Å². The molecule has 3 rings (SSSR count). The SMILES string of the molecule is CCCn1cc(O)c(=O)cc1CN1CC2(C)CC1CC(C)(C)C2.